The van der Waals surface area contributed by atoms with Crippen molar-refractivity contribution in [1.82, 2.24) is 5.32 Å². The van der Waals surface area contributed by atoms with Crippen molar-refractivity contribution in [1.29, 1.82) is 0 Å². The molecule has 0 spiro atoms. The van der Waals surface area contributed by atoms with E-state index in [2.05, 4.69) is 0 Å². The molecular formula is C8H10ClF6NO. The van der Waals surface area contributed by atoms with Crippen molar-refractivity contribution in [2.45, 2.75) is 31.7 Å². The minimum absolute atomic E-state index is 0.318. The van der Waals surface area contributed by atoms with E-state index in [9.17, 15) is 31.1 Å². The molecular weight excluding hydrogens is 276 g/mol. The lowest BCUT2D eigenvalue weighted by molar-refractivity contribution is -0.274. The summed E-state index contributed by atoms with van der Waals surface area (Å²) in [6.07, 6.45) is -11.4. The maximum absolute atomic E-state index is 12.1. The molecule has 0 heterocycles. The number of carbonyl (C=O) groups excluding carboxylic acids is 1. The fraction of sp³-hybridized carbons (Fsp3) is 0.875. The summed E-state index contributed by atoms with van der Waals surface area (Å²) in [5.41, 5.74) is -1.35. The van der Waals surface area contributed by atoms with Gasteiger partial charge in [-0.1, -0.05) is 0 Å². The van der Waals surface area contributed by atoms with Crippen LogP contribution in [0.1, 0.15) is 13.8 Å². The van der Waals surface area contributed by atoms with Crippen LogP contribution in [0.25, 0.3) is 0 Å². The molecule has 0 aliphatic heterocycles. The Labute approximate surface area is 98.3 Å². The van der Waals surface area contributed by atoms with Gasteiger partial charge in [-0.15, -0.1) is 11.6 Å². The molecule has 0 rings (SSSR count). The molecule has 0 aromatic heterocycles. The molecule has 0 aromatic rings. The van der Waals surface area contributed by atoms with E-state index in [4.69, 9.17) is 11.6 Å². The molecule has 0 aromatic carbocycles. The SMILES string of the molecule is CC(C)(CCl)NC(=O)C(C(F)(F)F)C(F)(F)F. The van der Waals surface area contributed by atoms with E-state index in [1.807, 2.05) is 0 Å². The molecule has 0 radical (unpaired) electrons. The Morgan fingerprint density at radius 2 is 1.47 bits per heavy atom. The van der Waals surface area contributed by atoms with Gasteiger partial charge in [0.1, 0.15) is 0 Å². The molecule has 0 bridgehead atoms. The van der Waals surface area contributed by atoms with Crippen LogP contribution in [0.15, 0.2) is 0 Å². The van der Waals surface area contributed by atoms with E-state index in [1.165, 1.54) is 13.8 Å². The lowest BCUT2D eigenvalue weighted by Gasteiger charge is -2.28. The van der Waals surface area contributed by atoms with Crippen molar-refractivity contribution < 1.29 is 31.1 Å². The van der Waals surface area contributed by atoms with Gasteiger partial charge in [0.2, 0.25) is 11.8 Å². The van der Waals surface area contributed by atoms with E-state index >= 15 is 0 Å². The maximum atomic E-state index is 12.1. The summed E-state index contributed by atoms with van der Waals surface area (Å²) in [6.45, 7) is 2.42. The number of carbonyl (C=O) groups is 1. The van der Waals surface area contributed by atoms with E-state index in [-0.39, 0.29) is 5.88 Å². The lowest BCUT2D eigenvalue weighted by atomic mass is 10.0. The minimum Gasteiger partial charge on any atom is -0.349 e. The van der Waals surface area contributed by atoms with Crippen LogP contribution in [0.3, 0.4) is 0 Å². The highest BCUT2D eigenvalue weighted by atomic mass is 35.5. The van der Waals surface area contributed by atoms with Crippen LogP contribution in [0.4, 0.5) is 26.3 Å². The Hall–Kier alpha value is -0.660. The second-order valence-electron chi connectivity index (χ2n) is 4.02. The van der Waals surface area contributed by atoms with E-state index in [1.54, 1.807) is 5.32 Å². The fourth-order valence-corrected chi connectivity index (χ4v) is 0.989. The fourth-order valence-electron chi connectivity index (χ4n) is 0.922. The first kappa shape index (κ1) is 16.3. The van der Waals surface area contributed by atoms with Gasteiger partial charge >= 0.3 is 12.4 Å². The van der Waals surface area contributed by atoms with Crippen molar-refractivity contribution in [3.05, 3.63) is 0 Å². The lowest BCUT2D eigenvalue weighted by Crippen LogP contribution is -2.54. The third kappa shape index (κ3) is 5.01. The Kier molecular flexibility index (Phi) is 4.72. The number of amides is 1. The summed E-state index contributed by atoms with van der Waals surface area (Å²) in [4.78, 5) is 11.0. The van der Waals surface area contributed by atoms with Crippen molar-refractivity contribution >= 4 is 17.5 Å². The third-order valence-electron chi connectivity index (χ3n) is 1.71. The Morgan fingerprint density at radius 1 is 1.12 bits per heavy atom. The third-order valence-corrected chi connectivity index (χ3v) is 2.38. The van der Waals surface area contributed by atoms with Crippen molar-refractivity contribution in [3.8, 4) is 0 Å². The van der Waals surface area contributed by atoms with Crippen molar-refractivity contribution in [3.63, 3.8) is 0 Å². The average molecular weight is 286 g/mol. The van der Waals surface area contributed by atoms with Crippen LogP contribution in [0.5, 0.6) is 0 Å². The standard InChI is InChI=1S/C8H10ClF6NO/c1-6(2,3-9)16-5(17)4(7(10,11)12)8(13,14)15/h4H,3H2,1-2H3,(H,16,17). The maximum Gasteiger partial charge on any atom is 0.409 e. The first-order valence-corrected chi connectivity index (χ1v) is 4.86. The van der Waals surface area contributed by atoms with Crippen LogP contribution < -0.4 is 5.32 Å². The molecule has 0 aliphatic rings. The van der Waals surface area contributed by atoms with E-state index < -0.39 is 29.7 Å². The number of alkyl halides is 7. The number of hydrogen-bond donors (Lipinski definition) is 1. The summed E-state index contributed by atoms with van der Waals surface area (Å²) in [5, 5.41) is 1.61. The molecule has 0 atom stereocenters. The van der Waals surface area contributed by atoms with Gasteiger partial charge in [0, 0.05) is 11.4 Å². The molecule has 102 valence electrons. The van der Waals surface area contributed by atoms with Gasteiger partial charge in [0.15, 0.2) is 0 Å². The predicted molar refractivity (Wildman–Crippen MR) is 48.5 cm³/mol. The molecule has 17 heavy (non-hydrogen) atoms. The molecule has 9 heteroatoms. The Bertz CT molecular complexity index is 271. The zero-order valence-corrected chi connectivity index (χ0v) is 9.59. The van der Waals surface area contributed by atoms with E-state index in [0.29, 0.717) is 0 Å². The summed E-state index contributed by atoms with van der Waals surface area (Å²) in [6, 6.07) is 0. The predicted octanol–water partition coefficient (Wildman–Crippen LogP) is 2.86. The average Bonchev–Trinajstić information content (AvgIpc) is 1.96. The largest absolute Gasteiger partial charge is 0.409 e. The highest BCUT2D eigenvalue weighted by Gasteiger charge is 2.61. The number of hydrogen-bond acceptors (Lipinski definition) is 1. The minimum atomic E-state index is -5.69. The van der Waals surface area contributed by atoms with Gasteiger partial charge < -0.3 is 5.32 Å². The second kappa shape index (κ2) is 4.91. The summed E-state index contributed by atoms with van der Waals surface area (Å²) >= 11 is 5.29. The molecule has 0 saturated carbocycles. The van der Waals surface area contributed by atoms with Gasteiger partial charge in [-0.2, -0.15) is 26.3 Å². The Balaban J connectivity index is 5.06. The van der Waals surface area contributed by atoms with Crippen LogP contribution >= 0.6 is 11.6 Å². The zero-order chi connectivity index (χ0) is 14.1. The first-order valence-electron chi connectivity index (χ1n) is 4.32. The Morgan fingerprint density at radius 3 is 1.71 bits per heavy atom. The van der Waals surface area contributed by atoms with Crippen molar-refractivity contribution in [2.24, 2.45) is 5.92 Å². The van der Waals surface area contributed by atoms with Gasteiger partial charge in [0.25, 0.3) is 0 Å². The van der Waals surface area contributed by atoms with Crippen LogP contribution in [0, 0.1) is 5.92 Å². The topological polar surface area (TPSA) is 29.1 Å². The highest BCUT2D eigenvalue weighted by Crippen LogP contribution is 2.39. The normalized spacial score (nSPS) is 14.0. The van der Waals surface area contributed by atoms with Gasteiger partial charge in [-0.25, -0.2) is 0 Å². The van der Waals surface area contributed by atoms with Gasteiger partial charge in [-0.3, -0.25) is 4.79 Å². The first-order chi connectivity index (χ1) is 7.31. The number of nitrogens with one attached hydrogen (secondary N) is 1. The summed E-state index contributed by atoms with van der Waals surface area (Å²) in [7, 11) is 0. The molecule has 0 unspecified atom stereocenters. The summed E-state index contributed by atoms with van der Waals surface area (Å²) < 4.78 is 72.8. The van der Waals surface area contributed by atoms with E-state index in [0.717, 1.165) is 0 Å². The molecule has 1 N–H and O–H groups in total. The van der Waals surface area contributed by atoms with Gasteiger partial charge in [0.05, 0.1) is 0 Å². The molecule has 0 saturated heterocycles. The van der Waals surface area contributed by atoms with Crippen LogP contribution in [-0.4, -0.2) is 29.7 Å². The van der Waals surface area contributed by atoms with Crippen molar-refractivity contribution in [2.75, 3.05) is 5.88 Å². The smallest absolute Gasteiger partial charge is 0.349 e. The molecule has 0 fully saturated rings. The summed E-state index contributed by atoms with van der Waals surface area (Å²) in [5.74, 6) is -6.52. The van der Waals surface area contributed by atoms with Crippen LogP contribution in [-0.2, 0) is 4.79 Å². The monoisotopic (exact) mass is 285 g/mol. The zero-order valence-electron chi connectivity index (χ0n) is 8.84. The molecule has 0 aliphatic carbocycles. The molecule has 2 nitrogen and oxygen atoms in total. The number of halogens is 7. The van der Waals surface area contributed by atoms with Crippen LogP contribution in [0.2, 0.25) is 0 Å². The highest BCUT2D eigenvalue weighted by molar-refractivity contribution is 6.18. The van der Waals surface area contributed by atoms with Gasteiger partial charge in [-0.05, 0) is 13.8 Å². The quantitative estimate of drug-likeness (QED) is 0.627. The second-order valence-corrected chi connectivity index (χ2v) is 4.29. The molecule has 1 amide bonds. The number of rotatable bonds is 3.